The quantitative estimate of drug-likeness (QED) is 0.701. The van der Waals surface area contributed by atoms with Gasteiger partial charge in [0.15, 0.2) is 9.84 Å². The first-order valence-corrected chi connectivity index (χ1v) is 7.01. The molecule has 5 heteroatoms. The van der Waals surface area contributed by atoms with Crippen LogP contribution in [-0.2, 0) is 19.4 Å². The summed E-state index contributed by atoms with van der Waals surface area (Å²) < 4.78 is 27.3. The number of carbonyl (C=O) groups excluding carboxylic acids is 1. The van der Waals surface area contributed by atoms with Crippen LogP contribution in [-0.4, -0.2) is 39.4 Å². The summed E-state index contributed by atoms with van der Waals surface area (Å²) in [5, 5.41) is 0. The van der Waals surface area contributed by atoms with Gasteiger partial charge in [-0.1, -0.05) is 6.92 Å². The average Bonchev–Trinajstić information content (AvgIpc) is 2.54. The number of carbonyl (C=O) groups is 1. The van der Waals surface area contributed by atoms with Crippen LogP contribution in [0.25, 0.3) is 0 Å². The van der Waals surface area contributed by atoms with Gasteiger partial charge in [-0.25, -0.2) is 8.42 Å². The molecular weight excluding hydrogens is 216 g/mol. The first-order valence-electron chi connectivity index (χ1n) is 5.19. The summed E-state index contributed by atoms with van der Waals surface area (Å²) in [6.45, 7) is 2.39. The largest absolute Gasteiger partial charge is 0.385 e. The van der Waals surface area contributed by atoms with Crippen LogP contribution in [0.4, 0.5) is 0 Å². The highest BCUT2D eigenvalue weighted by Crippen LogP contribution is 2.23. The number of ether oxygens (including phenoxy) is 1. The van der Waals surface area contributed by atoms with Crippen LogP contribution in [0.15, 0.2) is 0 Å². The van der Waals surface area contributed by atoms with Crippen molar-refractivity contribution in [2.24, 2.45) is 11.8 Å². The molecule has 1 aliphatic rings. The molecule has 0 aromatic heterocycles. The third-order valence-electron chi connectivity index (χ3n) is 2.88. The highest BCUT2D eigenvalue weighted by atomic mass is 32.2. The van der Waals surface area contributed by atoms with Crippen molar-refractivity contribution in [3.05, 3.63) is 0 Å². The second kappa shape index (κ2) is 5.07. The first-order chi connectivity index (χ1) is 6.96. The zero-order valence-corrected chi connectivity index (χ0v) is 10.0. The lowest BCUT2D eigenvalue weighted by atomic mass is 9.92. The fourth-order valence-corrected chi connectivity index (χ4v) is 3.61. The molecule has 0 aromatic rings. The molecule has 4 nitrogen and oxygen atoms in total. The van der Waals surface area contributed by atoms with Crippen LogP contribution in [0.3, 0.4) is 0 Å². The lowest BCUT2D eigenvalue weighted by Crippen LogP contribution is -2.23. The summed E-state index contributed by atoms with van der Waals surface area (Å²) in [6, 6.07) is 0. The molecule has 1 fully saturated rings. The van der Waals surface area contributed by atoms with Crippen molar-refractivity contribution >= 4 is 15.6 Å². The van der Waals surface area contributed by atoms with E-state index in [1.807, 2.05) is 6.92 Å². The summed E-state index contributed by atoms with van der Waals surface area (Å²) in [5.41, 5.74) is 0. The highest BCUT2D eigenvalue weighted by Gasteiger charge is 2.34. The maximum Gasteiger partial charge on any atom is 0.151 e. The molecule has 0 radical (unpaired) electrons. The van der Waals surface area contributed by atoms with Crippen LogP contribution in [0.1, 0.15) is 19.8 Å². The maximum absolute atomic E-state index is 11.8. The fraction of sp³-hybridized carbons (Fsp3) is 0.900. The van der Waals surface area contributed by atoms with E-state index in [1.54, 1.807) is 7.11 Å². The minimum Gasteiger partial charge on any atom is -0.385 e. The zero-order chi connectivity index (χ0) is 11.5. The number of rotatable bonds is 5. The molecule has 1 heterocycles. The van der Waals surface area contributed by atoms with Crippen LogP contribution < -0.4 is 0 Å². The van der Waals surface area contributed by atoms with Gasteiger partial charge >= 0.3 is 0 Å². The Kier molecular flexibility index (Phi) is 4.28. The minimum absolute atomic E-state index is 0.0448. The van der Waals surface area contributed by atoms with Gasteiger partial charge in [0.1, 0.15) is 5.78 Å². The molecule has 0 spiro atoms. The first kappa shape index (κ1) is 12.6. The molecular formula is C10H18O4S. The Morgan fingerprint density at radius 3 is 2.67 bits per heavy atom. The molecule has 15 heavy (non-hydrogen) atoms. The second-order valence-electron chi connectivity index (χ2n) is 4.18. The third kappa shape index (κ3) is 3.57. The van der Waals surface area contributed by atoms with Gasteiger partial charge in [0.25, 0.3) is 0 Å². The Balaban J connectivity index is 2.48. The molecule has 88 valence electrons. The minimum atomic E-state index is -2.95. The monoisotopic (exact) mass is 234 g/mol. The van der Waals surface area contributed by atoms with Gasteiger partial charge in [0, 0.05) is 25.6 Å². The SMILES string of the molecule is COCCC(C)C(=O)C1CCS(=O)(=O)C1. The molecule has 0 aromatic carbocycles. The normalized spacial score (nSPS) is 26.4. The predicted octanol–water partition coefficient (Wildman–Crippen LogP) is 0.663. The van der Waals surface area contributed by atoms with E-state index in [1.165, 1.54) is 0 Å². The number of ketones is 1. The standard InChI is InChI=1S/C10H18O4S/c1-8(3-5-14-2)10(11)9-4-6-15(12,13)7-9/h8-9H,3-7H2,1-2H3. The van der Waals surface area contributed by atoms with E-state index in [0.717, 1.165) is 0 Å². The Bertz CT molecular complexity index is 320. The maximum atomic E-state index is 11.8. The van der Waals surface area contributed by atoms with E-state index in [9.17, 15) is 13.2 Å². The summed E-state index contributed by atoms with van der Waals surface area (Å²) in [6.07, 6.45) is 1.17. The number of Topliss-reactive ketones (excluding diaryl/α,β-unsaturated/α-hetero) is 1. The molecule has 0 aliphatic carbocycles. The van der Waals surface area contributed by atoms with Crippen LogP contribution >= 0.6 is 0 Å². The lowest BCUT2D eigenvalue weighted by Gasteiger charge is -2.13. The van der Waals surface area contributed by atoms with Gasteiger partial charge in [0.05, 0.1) is 11.5 Å². The van der Waals surface area contributed by atoms with Crippen molar-refractivity contribution in [3.63, 3.8) is 0 Å². The Labute approximate surface area is 90.9 Å². The lowest BCUT2D eigenvalue weighted by molar-refractivity contribution is -0.126. The Morgan fingerprint density at radius 2 is 2.20 bits per heavy atom. The third-order valence-corrected chi connectivity index (χ3v) is 4.64. The van der Waals surface area contributed by atoms with Gasteiger partial charge in [-0.3, -0.25) is 4.79 Å². The van der Waals surface area contributed by atoms with Crippen molar-refractivity contribution in [1.29, 1.82) is 0 Å². The molecule has 0 bridgehead atoms. The van der Waals surface area contributed by atoms with Gasteiger partial charge < -0.3 is 4.74 Å². The van der Waals surface area contributed by atoms with E-state index < -0.39 is 9.84 Å². The molecule has 2 atom stereocenters. The number of methoxy groups -OCH3 is 1. The van der Waals surface area contributed by atoms with E-state index >= 15 is 0 Å². The molecule has 1 saturated heterocycles. The average molecular weight is 234 g/mol. The van der Waals surface area contributed by atoms with E-state index in [0.29, 0.717) is 19.4 Å². The van der Waals surface area contributed by atoms with E-state index in [4.69, 9.17) is 4.74 Å². The molecule has 0 amide bonds. The van der Waals surface area contributed by atoms with Crippen LogP contribution in [0.5, 0.6) is 0 Å². The van der Waals surface area contributed by atoms with Gasteiger partial charge in [0.2, 0.25) is 0 Å². The molecule has 1 aliphatic heterocycles. The number of hydrogen-bond donors (Lipinski definition) is 0. The molecule has 0 saturated carbocycles. The van der Waals surface area contributed by atoms with Crippen molar-refractivity contribution < 1.29 is 17.9 Å². The van der Waals surface area contributed by atoms with Gasteiger partial charge in [-0.05, 0) is 12.8 Å². The molecule has 2 unspecified atom stereocenters. The van der Waals surface area contributed by atoms with E-state index in [2.05, 4.69) is 0 Å². The summed E-state index contributed by atoms with van der Waals surface area (Å²) in [4.78, 5) is 11.8. The highest BCUT2D eigenvalue weighted by molar-refractivity contribution is 7.91. The smallest absolute Gasteiger partial charge is 0.151 e. The summed E-state index contributed by atoms with van der Waals surface area (Å²) in [7, 11) is -1.35. The van der Waals surface area contributed by atoms with Crippen LogP contribution in [0, 0.1) is 11.8 Å². The molecule has 1 rings (SSSR count). The zero-order valence-electron chi connectivity index (χ0n) is 9.23. The van der Waals surface area contributed by atoms with Gasteiger partial charge in [-0.2, -0.15) is 0 Å². The van der Waals surface area contributed by atoms with Crippen molar-refractivity contribution in [2.75, 3.05) is 25.2 Å². The topological polar surface area (TPSA) is 60.4 Å². The molecule has 0 N–H and O–H groups in total. The number of hydrogen-bond acceptors (Lipinski definition) is 4. The van der Waals surface area contributed by atoms with Crippen molar-refractivity contribution in [3.8, 4) is 0 Å². The van der Waals surface area contributed by atoms with Crippen LogP contribution in [0.2, 0.25) is 0 Å². The number of sulfone groups is 1. The van der Waals surface area contributed by atoms with Gasteiger partial charge in [-0.15, -0.1) is 0 Å². The van der Waals surface area contributed by atoms with Crippen molar-refractivity contribution in [1.82, 2.24) is 0 Å². The Morgan fingerprint density at radius 1 is 1.53 bits per heavy atom. The van der Waals surface area contributed by atoms with Crippen molar-refractivity contribution in [2.45, 2.75) is 19.8 Å². The Hall–Kier alpha value is -0.420. The second-order valence-corrected chi connectivity index (χ2v) is 6.41. The summed E-state index contributed by atoms with van der Waals surface area (Å²) >= 11 is 0. The summed E-state index contributed by atoms with van der Waals surface area (Å²) in [5.74, 6) is -0.0814. The fourth-order valence-electron chi connectivity index (χ4n) is 1.86. The van der Waals surface area contributed by atoms with E-state index in [-0.39, 0.29) is 29.1 Å². The predicted molar refractivity (Wildman–Crippen MR) is 57.4 cm³/mol.